The van der Waals surface area contributed by atoms with Crippen molar-refractivity contribution in [2.24, 2.45) is 52.3 Å². The largest absolute Gasteiger partial charge is 0.396 e. The monoisotopic (exact) mass is 462 g/mol. The van der Waals surface area contributed by atoms with Crippen LogP contribution in [0.25, 0.3) is 0 Å². The van der Waals surface area contributed by atoms with Gasteiger partial charge in [0.2, 0.25) is 0 Å². The predicted octanol–water partition coefficient (Wildman–Crippen LogP) is 4.77. The van der Waals surface area contributed by atoms with Crippen molar-refractivity contribution in [1.29, 1.82) is 0 Å². The Hall–Kier alpha value is -0.780. The molecule has 2 saturated carbocycles. The molecule has 10 atom stereocenters. The molecule has 0 aromatic rings. The molecule has 5 nitrogen and oxygen atoms in total. The number of aliphatic hydroxyl groups excluding tert-OH is 1. The fraction of sp³-hybridized carbons (Fsp3) is 0.929. The predicted molar refractivity (Wildman–Crippen MR) is 127 cm³/mol. The smallest absolute Gasteiger partial charge is 0.188 e. The minimum Gasteiger partial charge on any atom is -0.396 e. The van der Waals surface area contributed by atoms with Crippen LogP contribution in [0.15, 0.2) is 0 Å². The first kappa shape index (κ1) is 25.3. The van der Waals surface area contributed by atoms with E-state index in [0.717, 1.165) is 19.3 Å². The molecular weight excluding hydrogens is 416 g/mol. The lowest BCUT2D eigenvalue weighted by molar-refractivity contribution is -0.324. The average Bonchev–Trinajstić information content (AvgIpc) is 3.17. The summed E-state index contributed by atoms with van der Waals surface area (Å²) in [4.78, 5) is 27.3. The van der Waals surface area contributed by atoms with Gasteiger partial charge in [0.05, 0.1) is 17.4 Å². The zero-order valence-corrected chi connectivity index (χ0v) is 21.6. The third kappa shape index (κ3) is 3.67. The molecule has 0 spiro atoms. The molecule has 0 aromatic carbocycles. The number of carbonyl (C=O) groups is 2. The van der Waals surface area contributed by atoms with Crippen molar-refractivity contribution >= 4 is 11.6 Å². The third-order valence-corrected chi connectivity index (χ3v) is 11.0. The molecule has 4 rings (SSSR count). The summed E-state index contributed by atoms with van der Waals surface area (Å²) in [5.74, 6) is -0.668. The number of carbonyl (C=O) groups excluding carboxylic acids is 2. The molecule has 188 valence electrons. The molecule has 33 heavy (non-hydrogen) atoms. The van der Waals surface area contributed by atoms with Crippen LogP contribution in [0.5, 0.6) is 0 Å². The molecule has 0 amide bonds. The van der Waals surface area contributed by atoms with E-state index < -0.39 is 23.0 Å². The van der Waals surface area contributed by atoms with Crippen molar-refractivity contribution in [1.82, 2.24) is 0 Å². The summed E-state index contributed by atoms with van der Waals surface area (Å²) in [6.07, 6.45) is 6.14. The highest BCUT2D eigenvalue weighted by Crippen LogP contribution is 2.66. The summed E-state index contributed by atoms with van der Waals surface area (Å²) in [7, 11) is 0. The van der Waals surface area contributed by atoms with Crippen molar-refractivity contribution in [3.8, 4) is 0 Å². The van der Waals surface area contributed by atoms with Gasteiger partial charge in [-0.15, -0.1) is 0 Å². The Bertz CT molecular complexity index is 778. The van der Waals surface area contributed by atoms with Crippen molar-refractivity contribution in [3.05, 3.63) is 0 Å². The van der Waals surface area contributed by atoms with Crippen molar-refractivity contribution < 1.29 is 24.5 Å². The number of hydrogen-bond donors (Lipinski definition) is 2. The Morgan fingerprint density at radius 2 is 1.76 bits per heavy atom. The summed E-state index contributed by atoms with van der Waals surface area (Å²) in [5.41, 5.74) is -1.24. The van der Waals surface area contributed by atoms with Crippen LogP contribution in [-0.4, -0.2) is 40.3 Å². The van der Waals surface area contributed by atoms with Crippen molar-refractivity contribution in [3.63, 3.8) is 0 Å². The lowest BCUT2D eigenvalue weighted by atomic mass is 9.61. The summed E-state index contributed by atoms with van der Waals surface area (Å²) < 4.78 is 6.08. The first-order valence-electron chi connectivity index (χ1n) is 13.5. The SMILES string of the molecule is CC(C)[C@@H](C)CC[C@@H](C)[C@H]1CC[C@@H]([C@H]2C(=O)[C@@]3(C)CCC4CC(=O)[C@@H]2C3(O)O4)[C@]1(C)CCO. The van der Waals surface area contributed by atoms with Crippen LogP contribution in [0, 0.1) is 52.3 Å². The van der Waals surface area contributed by atoms with E-state index in [0.29, 0.717) is 49.4 Å². The van der Waals surface area contributed by atoms with Gasteiger partial charge in [-0.25, -0.2) is 0 Å². The first-order valence-corrected chi connectivity index (χ1v) is 13.5. The van der Waals surface area contributed by atoms with Gasteiger partial charge in [-0.3, -0.25) is 9.59 Å². The van der Waals surface area contributed by atoms with Gasteiger partial charge >= 0.3 is 0 Å². The van der Waals surface area contributed by atoms with Crippen LogP contribution in [0.1, 0.15) is 92.9 Å². The number of ketones is 2. The first-order chi connectivity index (χ1) is 15.4. The van der Waals surface area contributed by atoms with Crippen LogP contribution >= 0.6 is 0 Å². The van der Waals surface area contributed by atoms with Gasteiger partial charge in [-0.2, -0.15) is 0 Å². The second-order valence-electron chi connectivity index (χ2n) is 12.9. The Kier molecular flexibility index (Phi) is 6.68. The lowest BCUT2D eigenvalue weighted by Crippen LogP contribution is -2.61. The second-order valence-corrected chi connectivity index (χ2v) is 12.9. The van der Waals surface area contributed by atoms with Crippen molar-refractivity contribution in [2.75, 3.05) is 6.61 Å². The molecule has 2 unspecified atom stereocenters. The zero-order valence-electron chi connectivity index (χ0n) is 21.6. The van der Waals surface area contributed by atoms with Gasteiger partial charge in [0.1, 0.15) is 11.6 Å². The molecule has 2 heterocycles. The minimum atomic E-state index is -1.66. The quantitative estimate of drug-likeness (QED) is 0.543. The Balaban J connectivity index is 1.64. The van der Waals surface area contributed by atoms with E-state index in [9.17, 15) is 19.8 Å². The summed E-state index contributed by atoms with van der Waals surface area (Å²) in [6, 6.07) is 0. The number of aliphatic hydroxyl groups is 2. The number of Topliss-reactive ketones (excluding diaryl/α,β-unsaturated/α-hetero) is 2. The topological polar surface area (TPSA) is 83.8 Å². The molecule has 2 saturated heterocycles. The molecule has 2 aliphatic carbocycles. The lowest BCUT2D eigenvalue weighted by Gasteiger charge is -2.50. The van der Waals surface area contributed by atoms with E-state index in [2.05, 4.69) is 34.6 Å². The van der Waals surface area contributed by atoms with E-state index in [-0.39, 0.29) is 35.6 Å². The maximum Gasteiger partial charge on any atom is 0.188 e. The maximum absolute atomic E-state index is 14.0. The van der Waals surface area contributed by atoms with Gasteiger partial charge in [-0.1, -0.05) is 47.5 Å². The third-order valence-electron chi connectivity index (χ3n) is 11.0. The summed E-state index contributed by atoms with van der Waals surface area (Å²) >= 11 is 0. The highest BCUT2D eigenvalue weighted by molar-refractivity contribution is 5.99. The zero-order chi connectivity index (χ0) is 24.3. The molecular formula is C28H46O5. The fourth-order valence-corrected chi connectivity index (χ4v) is 8.37. The van der Waals surface area contributed by atoms with Gasteiger partial charge in [0.25, 0.3) is 0 Å². The molecule has 2 bridgehead atoms. The number of hydrogen-bond acceptors (Lipinski definition) is 5. The van der Waals surface area contributed by atoms with E-state index >= 15 is 0 Å². The molecule has 0 radical (unpaired) electrons. The molecule has 0 aromatic heterocycles. The van der Waals surface area contributed by atoms with Crippen LogP contribution in [0.2, 0.25) is 0 Å². The summed E-state index contributed by atoms with van der Waals surface area (Å²) in [6.45, 7) is 13.4. The number of ether oxygens (including phenoxy) is 1. The second kappa shape index (κ2) is 8.71. The van der Waals surface area contributed by atoms with Crippen LogP contribution < -0.4 is 0 Å². The number of fused-ring (bicyclic) bond motifs is 1. The Labute approximate surface area is 200 Å². The van der Waals surface area contributed by atoms with E-state index in [1.165, 1.54) is 6.42 Å². The van der Waals surface area contributed by atoms with Gasteiger partial charge in [0, 0.05) is 18.9 Å². The summed E-state index contributed by atoms with van der Waals surface area (Å²) in [5, 5.41) is 21.8. The van der Waals surface area contributed by atoms with E-state index in [1.54, 1.807) is 0 Å². The maximum atomic E-state index is 14.0. The Morgan fingerprint density at radius 1 is 1.06 bits per heavy atom. The van der Waals surface area contributed by atoms with Gasteiger partial charge < -0.3 is 14.9 Å². The molecule has 5 heteroatoms. The van der Waals surface area contributed by atoms with Crippen LogP contribution in [-0.2, 0) is 14.3 Å². The van der Waals surface area contributed by atoms with Gasteiger partial charge in [0.15, 0.2) is 5.79 Å². The highest BCUT2D eigenvalue weighted by atomic mass is 16.6. The molecule has 4 fully saturated rings. The molecule has 4 aliphatic rings. The Morgan fingerprint density at radius 3 is 2.39 bits per heavy atom. The average molecular weight is 463 g/mol. The normalized spacial score (nSPS) is 46.8. The van der Waals surface area contributed by atoms with E-state index in [1.807, 2.05) is 6.92 Å². The minimum absolute atomic E-state index is 0.00382. The highest BCUT2D eigenvalue weighted by Gasteiger charge is 2.75. The standard InChI is InChI=1S/C28H46O5/c1-16(2)17(3)7-8-18(4)20-9-10-21(26(20,5)13-14-29)23-24-22(30)15-19-11-12-27(6,25(23)31)28(24,32)33-19/h16-21,23-24,29,32H,7-15H2,1-6H3/t17-,18+,19?,20+,21-,23+,24-,26+,27+,28?/m0/s1. The van der Waals surface area contributed by atoms with Gasteiger partial charge in [-0.05, 0) is 74.0 Å². The fourth-order valence-electron chi connectivity index (χ4n) is 8.37. The van der Waals surface area contributed by atoms with Crippen LogP contribution in [0.3, 0.4) is 0 Å². The van der Waals surface area contributed by atoms with E-state index in [4.69, 9.17) is 4.74 Å². The van der Waals surface area contributed by atoms with Crippen LogP contribution in [0.4, 0.5) is 0 Å². The van der Waals surface area contributed by atoms with Crippen molar-refractivity contribution in [2.45, 2.75) is 105 Å². The number of rotatable bonds is 8. The molecule has 2 aliphatic heterocycles. The molecule has 2 N–H and O–H groups in total.